The van der Waals surface area contributed by atoms with Crippen molar-refractivity contribution < 1.29 is 0 Å². The van der Waals surface area contributed by atoms with Crippen molar-refractivity contribution in [3.8, 4) is 12.3 Å². The van der Waals surface area contributed by atoms with Crippen molar-refractivity contribution >= 4 is 0 Å². The van der Waals surface area contributed by atoms with E-state index in [9.17, 15) is 0 Å². The molecule has 0 unspecified atom stereocenters. The maximum Gasteiger partial charge on any atom is 0.0598 e. The SMILES string of the molecule is C#CCN(CCCCCCCC)CCCCCCCC(=C)CCCC(CCCCC)CCCCC.C1CCCCC1.C=C.CCCCCCC. The zero-order chi connectivity index (χ0) is 37.6. The third-order valence-corrected chi connectivity index (χ3v) is 10.4. The van der Waals surface area contributed by atoms with Gasteiger partial charge < -0.3 is 0 Å². The van der Waals surface area contributed by atoms with E-state index in [1.165, 1.54) is 237 Å². The average molecular weight is 700 g/mol. The van der Waals surface area contributed by atoms with Gasteiger partial charge in [0.1, 0.15) is 0 Å². The van der Waals surface area contributed by atoms with Crippen LogP contribution in [0.2, 0.25) is 0 Å². The van der Waals surface area contributed by atoms with Crippen molar-refractivity contribution in [2.45, 2.75) is 253 Å². The Morgan fingerprint density at radius 3 is 1.22 bits per heavy atom. The molecule has 0 N–H and O–H groups in total. The monoisotopic (exact) mass is 700 g/mol. The molecule has 0 aromatic rings. The fraction of sp³-hybridized carbons (Fsp3) is 0.878. The van der Waals surface area contributed by atoms with Crippen molar-refractivity contribution in [2.75, 3.05) is 19.6 Å². The van der Waals surface area contributed by atoms with Crippen LogP contribution in [-0.4, -0.2) is 24.5 Å². The first-order valence-electron chi connectivity index (χ1n) is 22.9. The molecule has 0 heterocycles. The van der Waals surface area contributed by atoms with Crippen LogP contribution < -0.4 is 0 Å². The molecule has 0 amide bonds. The van der Waals surface area contributed by atoms with Gasteiger partial charge in [-0.05, 0) is 57.5 Å². The molecule has 1 aliphatic rings. The quantitative estimate of drug-likeness (QED) is 0.0384. The average Bonchev–Trinajstić information content (AvgIpc) is 3.15. The number of hydrogen-bond donors (Lipinski definition) is 0. The Hall–Kier alpha value is -1.00. The zero-order valence-electron chi connectivity index (χ0n) is 35.9. The summed E-state index contributed by atoms with van der Waals surface area (Å²) in [5.41, 5.74) is 1.50. The van der Waals surface area contributed by atoms with Gasteiger partial charge in [0.05, 0.1) is 6.54 Å². The first kappa shape index (κ1) is 53.4. The lowest BCUT2D eigenvalue weighted by Crippen LogP contribution is -2.26. The Labute approximate surface area is 320 Å². The molecule has 0 aliphatic heterocycles. The molecular formula is C49H97N. The van der Waals surface area contributed by atoms with Crippen LogP contribution in [-0.2, 0) is 0 Å². The first-order valence-corrected chi connectivity index (χ1v) is 22.9. The molecule has 50 heavy (non-hydrogen) atoms. The number of rotatable bonds is 32. The highest BCUT2D eigenvalue weighted by atomic mass is 15.1. The van der Waals surface area contributed by atoms with Crippen LogP contribution in [0.5, 0.6) is 0 Å². The number of allylic oxidation sites excluding steroid dienone is 1. The molecule has 1 aliphatic carbocycles. The number of hydrogen-bond acceptors (Lipinski definition) is 1. The number of unbranched alkanes of at least 4 members (excludes halogenated alkanes) is 17. The Bertz CT molecular complexity index is 614. The fourth-order valence-corrected chi connectivity index (χ4v) is 7.06. The van der Waals surface area contributed by atoms with Crippen molar-refractivity contribution in [1.82, 2.24) is 4.90 Å². The summed E-state index contributed by atoms with van der Waals surface area (Å²) in [5.74, 6) is 3.84. The lowest BCUT2D eigenvalue weighted by atomic mass is 9.89. The highest BCUT2D eigenvalue weighted by molar-refractivity contribution is 4.93. The highest BCUT2D eigenvalue weighted by Crippen LogP contribution is 2.25. The van der Waals surface area contributed by atoms with E-state index in [4.69, 9.17) is 6.42 Å². The van der Waals surface area contributed by atoms with Crippen molar-refractivity contribution in [3.63, 3.8) is 0 Å². The summed E-state index contributed by atoms with van der Waals surface area (Å²) in [7, 11) is 0. The third kappa shape index (κ3) is 47.0. The molecule has 0 bridgehead atoms. The van der Waals surface area contributed by atoms with Gasteiger partial charge in [0.2, 0.25) is 0 Å². The van der Waals surface area contributed by atoms with Gasteiger partial charge in [-0.3, -0.25) is 4.90 Å². The van der Waals surface area contributed by atoms with Gasteiger partial charge in [-0.2, -0.15) is 0 Å². The molecule has 0 aromatic heterocycles. The highest BCUT2D eigenvalue weighted by Gasteiger charge is 2.09. The molecule has 1 saturated carbocycles. The smallest absolute Gasteiger partial charge is 0.0598 e. The molecule has 0 spiro atoms. The predicted molar refractivity (Wildman–Crippen MR) is 235 cm³/mol. The van der Waals surface area contributed by atoms with Crippen LogP contribution in [0.15, 0.2) is 25.3 Å². The Morgan fingerprint density at radius 2 is 0.800 bits per heavy atom. The summed E-state index contributed by atoms with van der Waals surface area (Å²) in [4.78, 5) is 2.50. The Kier molecular flexibility index (Phi) is 53.5. The van der Waals surface area contributed by atoms with E-state index in [2.05, 4.69) is 65.2 Å². The summed E-state index contributed by atoms with van der Waals surface area (Å²) in [6.07, 6.45) is 53.1. The van der Waals surface area contributed by atoms with Crippen molar-refractivity contribution in [2.24, 2.45) is 5.92 Å². The van der Waals surface area contributed by atoms with Gasteiger partial charge in [0.15, 0.2) is 0 Å². The Morgan fingerprint density at radius 1 is 0.480 bits per heavy atom. The van der Waals surface area contributed by atoms with Crippen LogP contribution in [0.25, 0.3) is 0 Å². The summed E-state index contributed by atoms with van der Waals surface area (Å²) in [6.45, 7) is 25.0. The van der Waals surface area contributed by atoms with Crippen LogP contribution >= 0.6 is 0 Å². The zero-order valence-corrected chi connectivity index (χ0v) is 35.9. The molecule has 1 nitrogen and oxygen atoms in total. The van der Waals surface area contributed by atoms with Gasteiger partial charge >= 0.3 is 0 Å². The molecule has 0 radical (unpaired) electrons. The minimum Gasteiger partial charge on any atom is -0.292 e. The summed E-state index contributed by atoms with van der Waals surface area (Å²) in [6, 6.07) is 0. The number of nitrogens with zero attached hydrogens (tertiary/aromatic N) is 1. The minimum absolute atomic E-state index is 0.826. The first-order chi connectivity index (χ1) is 24.6. The summed E-state index contributed by atoms with van der Waals surface area (Å²) in [5, 5.41) is 0. The van der Waals surface area contributed by atoms with E-state index in [1.807, 2.05) is 0 Å². The molecule has 1 rings (SSSR count). The summed E-state index contributed by atoms with van der Waals surface area (Å²) < 4.78 is 0. The molecule has 0 aromatic carbocycles. The van der Waals surface area contributed by atoms with Gasteiger partial charge in [0, 0.05) is 0 Å². The van der Waals surface area contributed by atoms with Gasteiger partial charge in [0.25, 0.3) is 0 Å². The minimum atomic E-state index is 0.826. The summed E-state index contributed by atoms with van der Waals surface area (Å²) >= 11 is 0. The van der Waals surface area contributed by atoms with E-state index in [0.29, 0.717) is 0 Å². The third-order valence-electron chi connectivity index (χ3n) is 10.4. The topological polar surface area (TPSA) is 3.24 Å². The van der Waals surface area contributed by atoms with E-state index < -0.39 is 0 Å². The van der Waals surface area contributed by atoms with Crippen LogP contribution in [0, 0.1) is 18.3 Å². The van der Waals surface area contributed by atoms with Gasteiger partial charge in [-0.25, -0.2) is 0 Å². The van der Waals surface area contributed by atoms with E-state index in [1.54, 1.807) is 0 Å². The normalized spacial score (nSPS) is 12.3. The Balaban J connectivity index is -0.00000120. The van der Waals surface area contributed by atoms with E-state index in [-0.39, 0.29) is 0 Å². The maximum absolute atomic E-state index is 5.60. The molecule has 1 fully saturated rings. The molecular weight excluding hydrogens is 603 g/mol. The lowest BCUT2D eigenvalue weighted by Gasteiger charge is -2.19. The lowest BCUT2D eigenvalue weighted by molar-refractivity contribution is 0.290. The molecule has 298 valence electrons. The largest absolute Gasteiger partial charge is 0.292 e. The fourth-order valence-electron chi connectivity index (χ4n) is 7.06. The second kappa shape index (κ2) is 50.1. The van der Waals surface area contributed by atoms with Crippen LogP contribution in [0.3, 0.4) is 0 Å². The molecule has 1 heteroatoms. The second-order valence-electron chi connectivity index (χ2n) is 15.4. The van der Waals surface area contributed by atoms with E-state index in [0.717, 1.165) is 12.5 Å². The van der Waals surface area contributed by atoms with Crippen molar-refractivity contribution in [3.05, 3.63) is 25.3 Å². The molecule has 0 atom stereocenters. The van der Waals surface area contributed by atoms with Crippen LogP contribution in [0.1, 0.15) is 253 Å². The van der Waals surface area contributed by atoms with E-state index >= 15 is 0 Å². The number of terminal acetylenes is 1. The van der Waals surface area contributed by atoms with Gasteiger partial charge in [-0.15, -0.1) is 19.6 Å². The second-order valence-corrected chi connectivity index (χ2v) is 15.4. The maximum atomic E-state index is 5.60. The standard InChI is InChI=1S/C34H65N.C7H16.C6H12.C2H4/c1-6-10-13-14-17-22-31-35(30-9-4)32-23-18-15-16-21-25-33(5)26-24-29-34(27-19-11-7-2)28-20-12-8-3;1-3-5-7-6-4-2;1-2-4-6-5-3-1;1-2/h4,34H,5-8,10-32H2,1-3H3;3-7H2,1-2H3;1-6H2;1-2H2. The predicted octanol–water partition coefficient (Wildman–Crippen LogP) is 17.2. The van der Waals surface area contributed by atoms with Gasteiger partial charge in [-0.1, -0.05) is 232 Å². The molecule has 0 saturated heterocycles. The van der Waals surface area contributed by atoms with Crippen LogP contribution in [0.4, 0.5) is 0 Å². The van der Waals surface area contributed by atoms with Crippen molar-refractivity contribution in [1.29, 1.82) is 0 Å².